The summed E-state index contributed by atoms with van der Waals surface area (Å²) in [6, 6.07) is 0. The second kappa shape index (κ2) is 2.72. The van der Waals surface area contributed by atoms with E-state index in [9.17, 15) is 4.79 Å². The molecule has 2 aliphatic rings. The average molecular weight is 191 g/mol. The Kier molecular flexibility index (Phi) is 1.85. The highest BCUT2D eigenvalue weighted by Crippen LogP contribution is 2.44. The van der Waals surface area contributed by atoms with Crippen molar-refractivity contribution in [1.82, 2.24) is 4.90 Å². The number of nitrogens with zero attached hydrogens (tertiary/aromatic N) is 1. The molecule has 0 bridgehead atoms. The fourth-order valence-corrected chi connectivity index (χ4v) is 2.40. The molecule has 0 aromatic rings. The molecule has 0 radical (unpaired) electrons. The van der Waals surface area contributed by atoms with E-state index in [1.54, 1.807) is 4.90 Å². The first kappa shape index (κ1) is 9.50. The summed E-state index contributed by atoms with van der Waals surface area (Å²) in [5.74, 6) is 0.786. The molecule has 1 aliphatic carbocycles. The lowest BCUT2D eigenvalue weighted by molar-refractivity contribution is -0.132. The molecule has 0 fully saturated rings. The van der Waals surface area contributed by atoms with E-state index in [1.165, 1.54) is 5.57 Å². The topological polar surface area (TPSA) is 20.3 Å². The zero-order chi connectivity index (χ0) is 10.5. The number of carbonyl (C=O) groups is 1. The van der Waals surface area contributed by atoms with Crippen molar-refractivity contribution < 1.29 is 4.79 Å². The normalized spacial score (nSPS) is 29.9. The van der Waals surface area contributed by atoms with Gasteiger partial charge in [-0.15, -0.1) is 0 Å². The minimum absolute atomic E-state index is 0.223. The van der Waals surface area contributed by atoms with Gasteiger partial charge in [0, 0.05) is 12.7 Å². The van der Waals surface area contributed by atoms with Crippen molar-refractivity contribution in [3.63, 3.8) is 0 Å². The number of allylic oxidation sites excluding steroid dienone is 2. The van der Waals surface area contributed by atoms with Crippen LogP contribution in [0.1, 0.15) is 27.2 Å². The predicted octanol–water partition coefficient (Wildman–Crippen LogP) is 2.33. The molecule has 0 aromatic carbocycles. The van der Waals surface area contributed by atoms with Crippen molar-refractivity contribution in [2.24, 2.45) is 11.3 Å². The molecular weight excluding hydrogens is 174 g/mol. The standard InChI is InChI=1S/C12H17NO/c1-8-5-6-10-9(7-8)12(2,3)11(14)13(10)4/h5-6,8H,7H2,1-4H3. The third-order valence-corrected chi connectivity index (χ3v) is 3.37. The first-order valence-corrected chi connectivity index (χ1v) is 5.14. The van der Waals surface area contributed by atoms with Crippen molar-refractivity contribution in [2.75, 3.05) is 7.05 Å². The van der Waals surface area contributed by atoms with Crippen LogP contribution >= 0.6 is 0 Å². The zero-order valence-corrected chi connectivity index (χ0v) is 9.29. The van der Waals surface area contributed by atoms with E-state index in [2.05, 4.69) is 19.1 Å². The number of rotatable bonds is 0. The summed E-state index contributed by atoms with van der Waals surface area (Å²) in [5.41, 5.74) is 2.14. The van der Waals surface area contributed by atoms with E-state index in [0.29, 0.717) is 5.92 Å². The molecule has 1 aliphatic heterocycles. The lowest BCUT2D eigenvalue weighted by Crippen LogP contribution is -2.30. The van der Waals surface area contributed by atoms with Crippen LogP contribution in [0.5, 0.6) is 0 Å². The molecule has 0 saturated carbocycles. The molecule has 0 saturated heterocycles. The summed E-state index contributed by atoms with van der Waals surface area (Å²) >= 11 is 0. The summed E-state index contributed by atoms with van der Waals surface area (Å²) in [6.45, 7) is 6.25. The second-order valence-corrected chi connectivity index (χ2v) is 4.89. The van der Waals surface area contributed by atoms with Gasteiger partial charge in [-0.25, -0.2) is 0 Å². The second-order valence-electron chi connectivity index (χ2n) is 4.89. The van der Waals surface area contributed by atoms with Crippen LogP contribution in [0.3, 0.4) is 0 Å². The van der Waals surface area contributed by atoms with E-state index in [4.69, 9.17) is 0 Å². The molecule has 2 heteroatoms. The van der Waals surface area contributed by atoms with Crippen molar-refractivity contribution in [3.8, 4) is 0 Å². The van der Waals surface area contributed by atoms with Crippen molar-refractivity contribution >= 4 is 5.91 Å². The number of amides is 1. The van der Waals surface area contributed by atoms with Gasteiger partial charge in [-0.2, -0.15) is 0 Å². The monoisotopic (exact) mass is 191 g/mol. The van der Waals surface area contributed by atoms with Gasteiger partial charge in [0.25, 0.3) is 0 Å². The van der Waals surface area contributed by atoms with Crippen LogP contribution in [0, 0.1) is 11.3 Å². The summed E-state index contributed by atoms with van der Waals surface area (Å²) < 4.78 is 0. The van der Waals surface area contributed by atoms with Gasteiger partial charge < -0.3 is 4.90 Å². The number of hydrogen-bond donors (Lipinski definition) is 0. The molecule has 2 rings (SSSR count). The molecule has 0 aromatic heterocycles. The Morgan fingerprint density at radius 3 is 2.79 bits per heavy atom. The molecule has 2 nitrogen and oxygen atoms in total. The highest BCUT2D eigenvalue weighted by atomic mass is 16.2. The molecule has 76 valence electrons. The lowest BCUT2D eigenvalue weighted by Gasteiger charge is -2.22. The average Bonchev–Trinajstić information content (AvgIpc) is 2.29. The maximum atomic E-state index is 12.0. The largest absolute Gasteiger partial charge is 0.315 e. The molecule has 1 atom stereocenters. The highest BCUT2D eigenvalue weighted by Gasteiger charge is 2.44. The quantitative estimate of drug-likeness (QED) is 0.575. The van der Waals surface area contributed by atoms with Crippen LogP contribution in [0.4, 0.5) is 0 Å². The van der Waals surface area contributed by atoms with Gasteiger partial charge in [-0.1, -0.05) is 13.0 Å². The van der Waals surface area contributed by atoms with Crippen LogP contribution in [0.25, 0.3) is 0 Å². The number of hydrogen-bond acceptors (Lipinski definition) is 1. The van der Waals surface area contributed by atoms with Crippen LogP contribution in [0.2, 0.25) is 0 Å². The molecule has 0 N–H and O–H groups in total. The minimum Gasteiger partial charge on any atom is -0.315 e. The molecule has 1 heterocycles. The van der Waals surface area contributed by atoms with E-state index in [0.717, 1.165) is 12.1 Å². The SMILES string of the molecule is CC1C=CC2=C(C1)C(C)(C)C(=O)N2C. The van der Waals surface area contributed by atoms with Gasteiger partial charge in [0.15, 0.2) is 0 Å². The van der Waals surface area contributed by atoms with E-state index >= 15 is 0 Å². The highest BCUT2D eigenvalue weighted by molar-refractivity contribution is 5.91. The third-order valence-electron chi connectivity index (χ3n) is 3.37. The molecule has 1 amide bonds. The summed E-state index contributed by atoms with van der Waals surface area (Å²) in [4.78, 5) is 13.7. The smallest absolute Gasteiger partial charge is 0.236 e. The van der Waals surface area contributed by atoms with Gasteiger partial charge >= 0.3 is 0 Å². The van der Waals surface area contributed by atoms with Crippen LogP contribution in [0.15, 0.2) is 23.4 Å². The molecular formula is C12H17NO. The maximum absolute atomic E-state index is 12.0. The Labute approximate surface area is 85.3 Å². The van der Waals surface area contributed by atoms with Gasteiger partial charge in [-0.05, 0) is 37.8 Å². The molecule has 0 spiro atoms. The first-order valence-electron chi connectivity index (χ1n) is 5.14. The first-order chi connectivity index (χ1) is 6.44. The lowest BCUT2D eigenvalue weighted by atomic mass is 9.79. The fourth-order valence-electron chi connectivity index (χ4n) is 2.40. The summed E-state index contributed by atoms with van der Waals surface area (Å²) in [5, 5.41) is 0. The maximum Gasteiger partial charge on any atom is 0.236 e. The van der Waals surface area contributed by atoms with Crippen LogP contribution < -0.4 is 0 Å². The van der Waals surface area contributed by atoms with Crippen LogP contribution in [-0.2, 0) is 4.79 Å². The fraction of sp³-hybridized carbons (Fsp3) is 0.583. The Bertz CT molecular complexity index is 349. The number of carbonyl (C=O) groups excluding carboxylic acids is 1. The summed E-state index contributed by atoms with van der Waals surface area (Å²) in [6.07, 6.45) is 5.30. The Hall–Kier alpha value is -1.05. The predicted molar refractivity (Wildman–Crippen MR) is 56.5 cm³/mol. The van der Waals surface area contributed by atoms with E-state index in [-0.39, 0.29) is 11.3 Å². The number of likely N-dealkylation sites (N-methyl/N-ethyl adjacent to an activating group) is 1. The van der Waals surface area contributed by atoms with E-state index < -0.39 is 0 Å². The van der Waals surface area contributed by atoms with Gasteiger partial charge in [0.2, 0.25) is 5.91 Å². The van der Waals surface area contributed by atoms with Gasteiger partial charge in [0.05, 0.1) is 5.41 Å². The Morgan fingerprint density at radius 1 is 1.50 bits per heavy atom. The Morgan fingerprint density at radius 2 is 2.14 bits per heavy atom. The van der Waals surface area contributed by atoms with Crippen LogP contribution in [-0.4, -0.2) is 17.9 Å². The third kappa shape index (κ3) is 1.06. The zero-order valence-electron chi connectivity index (χ0n) is 9.29. The molecule has 14 heavy (non-hydrogen) atoms. The van der Waals surface area contributed by atoms with E-state index in [1.807, 2.05) is 20.9 Å². The minimum atomic E-state index is -0.289. The molecule has 1 unspecified atom stereocenters. The summed E-state index contributed by atoms with van der Waals surface area (Å²) in [7, 11) is 1.87. The van der Waals surface area contributed by atoms with Crippen molar-refractivity contribution in [3.05, 3.63) is 23.4 Å². The Balaban J connectivity index is 2.48. The van der Waals surface area contributed by atoms with Gasteiger partial charge in [0.1, 0.15) is 0 Å². The van der Waals surface area contributed by atoms with Crippen molar-refractivity contribution in [1.29, 1.82) is 0 Å². The van der Waals surface area contributed by atoms with Crippen molar-refractivity contribution in [2.45, 2.75) is 27.2 Å². The van der Waals surface area contributed by atoms with Gasteiger partial charge in [-0.3, -0.25) is 4.79 Å².